The van der Waals surface area contributed by atoms with Gasteiger partial charge in [0.1, 0.15) is 11.9 Å². The Kier molecular flexibility index (Phi) is 4.50. The highest BCUT2D eigenvalue weighted by Crippen LogP contribution is 2.14. The molecule has 2 aromatic rings. The molecule has 108 valence electrons. The SMILES string of the molecule is CS(=O)(=O)Cc1ccccc1CNc1cnc(C#N)cn1. The van der Waals surface area contributed by atoms with E-state index in [2.05, 4.69) is 15.3 Å². The molecule has 1 heterocycles. The molecule has 1 N–H and O–H groups in total. The molecule has 1 aromatic heterocycles. The molecule has 0 spiro atoms. The van der Waals surface area contributed by atoms with E-state index in [0.717, 1.165) is 11.1 Å². The van der Waals surface area contributed by atoms with Crippen LogP contribution >= 0.6 is 0 Å². The molecule has 7 heteroatoms. The molecule has 0 unspecified atom stereocenters. The van der Waals surface area contributed by atoms with Gasteiger partial charge in [0.15, 0.2) is 15.5 Å². The molecule has 0 bridgehead atoms. The number of anilines is 1. The van der Waals surface area contributed by atoms with E-state index >= 15 is 0 Å². The average Bonchev–Trinajstić information content (AvgIpc) is 2.45. The van der Waals surface area contributed by atoms with Gasteiger partial charge in [-0.05, 0) is 11.1 Å². The van der Waals surface area contributed by atoms with Gasteiger partial charge in [0, 0.05) is 12.8 Å². The zero-order chi connectivity index (χ0) is 15.3. The number of benzene rings is 1. The summed E-state index contributed by atoms with van der Waals surface area (Å²) in [4.78, 5) is 7.96. The van der Waals surface area contributed by atoms with Crippen molar-refractivity contribution in [2.75, 3.05) is 11.6 Å². The van der Waals surface area contributed by atoms with Crippen LogP contribution in [0.3, 0.4) is 0 Å². The smallest absolute Gasteiger partial charge is 0.158 e. The topological polar surface area (TPSA) is 95.7 Å². The summed E-state index contributed by atoms with van der Waals surface area (Å²) in [5.74, 6) is 0.535. The number of hydrogen-bond acceptors (Lipinski definition) is 6. The quantitative estimate of drug-likeness (QED) is 0.899. The molecule has 0 radical (unpaired) electrons. The lowest BCUT2D eigenvalue weighted by Gasteiger charge is -2.10. The maximum atomic E-state index is 11.4. The van der Waals surface area contributed by atoms with E-state index in [4.69, 9.17) is 5.26 Å². The molecule has 2 rings (SSSR count). The molecular weight excluding hydrogens is 288 g/mol. The highest BCUT2D eigenvalue weighted by Gasteiger charge is 2.09. The fourth-order valence-electron chi connectivity index (χ4n) is 1.82. The van der Waals surface area contributed by atoms with Crippen molar-refractivity contribution in [1.82, 2.24) is 9.97 Å². The molecular formula is C14H14N4O2S. The molecule has 6 nitrogen and oxygen atoms in total. The fourth-order valence-corrected chi connectivity index (χ4v) is 2.66. The summed E-state index contributed by atoms with van der Waals surface area (Å²) in [6, 6.07) is 9.22. The first-order chi connectivity index (χ1) is 9.98. The molecule has 0 aliphatic heterocycles. The van der Waals surface area contributed by atoms with Crippen LogP contribution in [0.15, 0.2) is 36.7 Å². The lowest BCUT2D eigenvalue weighted by Crippen LogP contribution is -2.08. The van der Waals surface area contributed by atoms with Crippen molar-refractivity contribution in [3.8, 4) is 6.07 Å². The van der Waals surface area contributed by atoms with Crippen LogP contribution in [0.1, 0.15) is 16.8 Å². The Morgan fingerprint density at radius 1 is 1.19 bits per heavy atom. The molecule has 0 aliphatic rings. The molecule has 0 atom stereocenters. The Balaban J connectivity index is 2.11. The van der Waals surface area contributed by atoms with Crippen LogP contribution in [0.5, 0.6) is 0 Å². The third-order valence-corrected chi connectivity index (χ3v) is 3.60. The van der Waals surface area contributed by atoms with Crippen LogP contribution in [0.25, 0.3) is 0 Å². The van der Waals surface area contributed by atoms with Crippen LogP contribution in [-0.2, 0) is 22.1 Å². The number of aromatic nitrogens is 2. The van der Waals surface area contributed by atoms with Gasteiger partial charge in [0.2, 0.25) is 0 Å². The van der Waals surface area contributed by atoms with E-state index in [9.17, 15) is 8.42 Å². The summed E-state index contributed by atoms with van der Waals surface area (Å²) in [5.41, 5.74) is 1.89. The second kappa shape index (κ2) is 6.33. The number of nitrogens with zero attached hydrogens (tertiary/aromatic N) is 3. The van der Waals surface area contributed by atoms with Crippen LogP contribution in [0, 0.1) is 11.3 Å². The van der Waals surface area contributed by atoms with Crippen molar-refractivity contribution in [2.45, 2.75) is 12.3 Å². The van der Waals surface area contributed by atoms with Gasteiger partial charge in [-0.2, -0.15) is 5.26 Å². The average molecular weight is 302 g/mol. The van der Waals surface area contributed by atoms with Gasteiger partial charge in [-0.3, -0.25) is 0 Å². The fraction of sp³-hybridized carbons (Fsp3) is 0.214. The summed E-state index contributed by atoms with van der Waals surface area (Å²) in [7, 11) is -3.08. The first kappa shape index (κ1) is 14.9. The van der Waals surface area contributed by atoms with Gasteiger partial charge in [-0.1, -0.05) is 24.3 Å². The van der Waals surface area contributed by atoms with Crippen LogP contribution in [-0.4, -0.2) is 24.6 Å². The van der Waals surface area contributed by atoms with Crippen LogP contribution in [0.2, 0.25) is 0 Å². The third-order valence-electron chi connectivity index (χ3n) is 2.76. The molecule has 0 aliphatic carbocycles. The van der Waals surface area contributed by atoms with Crippen molar-refractivity contribution < 1.29 is 8.42 Å². The predicted octanol–water partition coefficient (Wildman–Crippen LogP) is 1.50. The van der Waals surface area contributed by atoms with Crippen molar-refractivity contribution in [3.05, 3.63) is 53.5 Å². The minimum atomic E-state index is -3.08. The standard InChI is InChI=1S/C14H14N4O2S/c1-21(19,20)10-12-5-3-2-4-11(12)7-17-14-9-16-13(6-15)8-18-14/h2-5,8-9H,7,10H2,1H3,(H,17,18). The Bertz CT molecular complexity index is 764. The maximum Gasteiger partial charge on any atom is 0.158 e. The van der Waals surface area contributed by atoms with Gasteiger partial charge in [0.25, 0.3) is 0 Å². The lowest BCUT2D eigenvalue weighted by molar-refractivity contribution is 0.601. The highest BCUT2D eigenvalue weighted by atomic mass is 32.2. The van der Waals surface area contributed by atoms with Gasteiger partial charge in [0.05, 0.1) is 18.1 Å². The van der Waals surface area contributed by atoms with Gasteiger partial charge in [-0.15, -0.1) is 0 Å². The third kappa shape index (κ3) is 4.54. The number of nitrogens with one attached hydrogen (secondary N) is 1. The molecule has 21 heavy (non-hydrogen) atoms. The van der Waals surface area contributed by atoms with E-state index in [-0.39, 0.29) is 11.4 Å². The minimum absolute atomic E-state index is 0.00387. The summed E-state index contributed by atoms with van der Waals surface area (Å²) in [5, 5.41) is 11.7. The van der Waals surface area contributed by atoms with Gasteiger partial charge >= 0.3 is 0 Å². The van der Waals surface area contributed by atoms with Crippen molar-refractivity contribution in [3.63, 3.8) is 0 Å². The molecule has 0 fully saturated rings. The van der Waals surface area contributed by atoms with Crippen LogP contribution < -0.4 is 5.32 Å². The Hall–Kier alpha value is -2.46. The van der Waals surface area contributed by atoms with Crippen molar-refractivity contribution >= 4 is 15.7 Å². The molecule has 1 aromatic carbocycles. The number of sulfone groups is 1. The number of nitriles is 1. The van der Waals surface area contributed by atoms with E-state index < -0.39 is 9.84 Å². The first-order valence-corrected chi connectivity index (χ1v) is 8.24. The maximum absolute atomic E-state index is 11.4. The second-order valence-corrected chi connectivity index (χ2v) is 6.73. The first-order valence-electron chi connectivity index (χ1n) is 6.18. The summed E-state index contributed by atoms with van der Waals surface area (Å²) >= 11 is 0. The zero-order valence-corrected chi connectivity index (χ0v) is 12.3. The summed E-state index contributed by atoms with van der Waals surface area (Å²) < 4.78 is 22.8. The Labute approximate surface area is 123 Å². The number of rotatable bonds is 5. The van der Waals surface area contributed by atoms with E-state index in [0.29, 0.717) is 12.4 Å². The van der Waals surface area contributed by atoms with E-state index in [1.807, 2.05) is 24.3 Å². The molecule has 0 saturated carbocycles. The predicted molar refractivity (Wildman–Crippen MR) is 79.1 cm³/mol. The van der Waals surface area contributed by atoms with Crippen LogP contribution in [0.4, 0.5) is 5.82 Å². The van der Waals surface area contributed by atoms with E-state index in [1.165, 1.54) is 18.6 Å². The van der Waals surface area contributed by atoms with E-state index in [1.54, 1.807) is 6.07 Å². The Morgan fingerprint density at radius 2 is 1.90 bits per heavy atom. The van der Waals surface area contributed by atoms with Crippen molar-refractivity contribution in [1.29, 1.82) is 5.26 Å². The van der Waals surface area contributed by atoms with Gasteiger partial charge in [-0.25, -0.2) is 18.4 Å². The second-order valence-electron chi connectivity index (χ2n) is 4.59. The largest absolute Gasteiger partial charge is 0.365 e. The highest BCUT2D eigenvalue weighted by molar-refractivity contribution is 7.89. The molecule has 0 saturated heterocycles. The van der Waals surface area contributed by atoms with Gasteiger partial charge < -0.3 is 5.32 Å². The molecule has 0 amide bonds. The zero-order valence-electron chi connectivity index (χ0n) is 11.4. The lowest BCUT2D eigenvalue weighted by atomic mass is 10.1. The number of hydrogen-bond donors (Lipinski definition) is 1. The normalized spacial score (nSPS) is 10.9. The summed E-state index contributed by atoms with van der Waals surface area (Å²) in [6.45, 7) is 0.437. The van der Waals surface area contributed by atoms with Crippen molar-refractivity contribution in [2.24, 2.45) is 0 Å². The Morgan fingerprint density at radius 3 is 2.48 bits per heavy atom. The summed E-state index contributed by atoms with van der Waals surface area (Å²) in [6.07, 6.45) is 4.06. The monoisotopic (exact) mass is 302 g/mol. The minimum Gasteiger partial charge on any atom is -0.365 e.